The molecule has 1 aliphatic carbocycles. The Hall–Kier alpha value is -2.08. The van der Waals surface area contributed by atoms with Gasteiger partial charge in [0.2, 0.25) is 0 Å². The fraction of sp³-hybridized carbons (Fsp3) is 0.529. The molecule has 1 aromatic rings. The fourth-order valence-electron chi connectivity index (χ4n) is 3.05. The summed E-state index contributed by atoms with van der Waals surface area (Å²) >= 11 is 0. The van der Waals surface area contributed by atoms with Crippen LogP contribution in [0.3, 0.4) is 0 Å². The van der Waals surface area contributed by atoms with Gasteiger partial charge in [0.1, 0.15) is 6.61 Å². The average molecular weight is 320 g/mol. The number of hydrogen-bond acceptors (Lipinski definition) is 4. The molecule has 0 radical (unpaired) electrons. The number of hydrogen-bond donors (Lipinski definition) is 2. The third kappa shape index (κ3) is 5.56. The smallest absolute Gasteiger partial charge is 0.407 e. The van der Waals surface area contributed by atoms with E-state index in [0.717, 1.165) is 31.2 Å². The topological polar surface area (TPSA) is 78.9 Å². The monoisotopic (exact) mass is 320 g/mol. The number of nitrogens with one attached hydrogen (secondary N) is 1. The molecule has 23 heavy (non-hydrogen) atoms. The first-order chi connectivity index (χ1) is 11.1. The van der Waals surface area contributed by atoms with Crippen molar-refractivity contribution < 1.29 is 19.4 Å². The number of aliphatic carboxylic acids is 1. The first kappa shape index (κ1) is 17.3. The molecule has 1 fully saturated rings. The molecule has 0 spiro atoms. The zero-order valence-electron chi connectivity index (χ0n) is 13.4. The van der Waals surface area contributed by atoms with Gasteiger partial charge in [-0.05, 0) is 25.5 Å². The van der Waals surface area contributed by atoms with Crippen LogP contribution in [0.4, 0.5) is 4.79 Å². The van der Waals surface area contributed by atoms with Crippen molar-refractivity contribution in [2.45, 2.75) is 44.4 Å². The maximum Gasteiger partial charge on any atom is 0.407 e. The maximum absolute atomic E-state index is 12.0. The van der Waals surface area contributed by atoms with E-state index in [0.29, 0.717) is 0 Å². The minimum absolute atomic E-state index is 0.0259. The molecule has 0 heterocycles. The number of ether oxygens (including phenoxy) is 1. The number of carboxylic acid groups (broad SMARTS) is 1. The molecule has 1 aromatic carbocycles. The average Bonchev–Trinajstić information content (AvgIpc) is 2.54. The minimum Gasteiger partial charge on any atom is -0.480 e. The van der Waals surface area contributed by atoms with Gasteiger partial charge in [-0.1, -0.05) is 43.2 Å². The van der Waals surface area contributed by atoms with Gasteiger partial charge < -0.3 is 15.2 Å². The molecule has 126 valence electrons. The van der Waals surface area contributed by atoms with Gasteiger partial charge in [-0.25, -0.2) is 4.79 Å². The zero-order chi connectivity index (χ0) is 16.7. The summed E-state index contributed by atoms with van der Waals surface area (Å²) in [5.74, 6) is -0.858. The molecule has 2 rings (SSSR count). The first-order valence-electron chi connectivity index (χ1n) is 7.95. The van der Waals surface area contributed by atoms with Gasteiger partial charge in [0.05, 0.1) is 6.54 Å². The Balaban J connectivity index is 1.85. The van der Waals surface area contributed by atoms with Gasteiger partial charge in [-0.15, -0.1) is 0 Å². The minimum atomic E-state index is -0.858. The summed E-state index contributed by atoms with van der Waals surface area (Å²) in [6.45, 7) is 0.205. The molecule has 6 heteroatoms. The highest BCUT2D eigenvalue weighted by molar-refractivity contribution is 5.69. The number of carbonyl (C=O) groups is 2. The Labute approximate surface area is 136 Å². The summed E-state index contributed by atoms with van der Waals surface area (Å²) in [4.78, 5) is 24.7. The van der Waals surface area contributed by atoms with Gasteiger partial charge in [-0.3, -0.25) is 9.69 Å². The number of benzene rings is 1. The van der Waals surface area contributed by atoms with Crippen LogP contribution in [0.5, 0.6) is 0 Å². The van der Waals surface area contributed by atoms with E-state index in [9.17, 15) is 9.59 Å². The zero-order valence-corrected chi connectivity index (χ0v) is 13.4. The molecule has 2 atom stereocenters. The SMILES string of the molecule is CN(CC(=O)O)[C@H]1CCCC[C@@H]1NC(=O)OCc1ccccc1. The molecule has 0 aliphatic heterocycles. The summed E-state index contributed by atoms with van der Waals surface area (Å²) in [6.07, 6.45) is 3.35. The van der Waals surface area contributed by atoms with Crippen LogP contribution in [0.1, 0.15) is 31.2 Å². The summed E-state index contributed by atoms with van der Waals surface area (Å²) in [5, 5.41) is 11.8. The lowest BCUT2D eigenvalue weighted by atomic mass is 9.89. The molecule has 2 N–H and O–H groups in total. The Morgan fingerprint density at radius 1 is 1.26 bits per heavy atom. The van der Waals surface area contributed by atoms with Crippen molar-refractivity contribution in [3.8, 4) is 0 Å². The van der Waals surface area contributed by atoms with Crippen LogP contribution in [0, 0.1) is 0 Å². The van der Waals surface area contributed by atoms with Crippen molar-refractivity contribution in [3.05, 3.63) is 35.9 Å². The molecule has 6 nitrogen and oxygen atoms in total. The van der Waals surface area contributed by atoms with Crippen LogP contribution in [0.2, 0.25) is 0 Å². The lowest BCUT2D eigenvalue weighted by Crippen LogP contribution is -2.53. The highest BCUT2D eigenvalue weighted by Crippen LogP contribution is 2.22. The van der Waals surface area contributed by atoms with Gasteiger partial charge in [0.25, 0.3) is 0 Å². The van der Waals surface area contributed by atoms with Crippen LogP contribution < -0.4 is 5.32 Å². The van der Waals surface area contributed by atoms with Crippen LogP contribution in [0.25, 0.3) is 0 Å². The van der Waals surface area contributed by atoms with Gasteiger partial charge in [0, 0.05) is 12.1 Å². The molecular weight excluding hydrogens is 296 g/mol. The van der Waals surface area contributed by atoms with Crippen LogP contribution in [0.15, 0.2) is 30.3 Å². The number of nitrogens with zero attached hydrogens (tertiary/aromatic N) is 1. The molecule has 0 unspecified atom stereocenters. The van der Waals surface area contributed by atoms with Gasteiger partial charge in [-0.2, -0.15) is 0 Å². The Morgan fingerprint density at radius 3 is 2.65 bits per heavy atom. The Kier molecular flexibility index (Phi) is 6.40. The third-order valence-electron chi connectivity index (χ3n) is 4.20. The van der Waals surface area contributed by atoms with Crippen LogP contribution in [-0.2, 0) is 16.1 Å². The number of carbonyl (C=O) groups excluding carboxylic acids is 1. The maximum atomic E-state index is 12.0. The predicted octanol–water partition coefficient (Wildman–Crippen LogP) is 2.24. The summed E-state index contributed by atoms with van der Waals surface area (Å²) < 4.78 is 5.26. The molecule has 1 aliphatic rings. The number of rotatable bonds is 6. The fourth-order valence-corrected chi connectivity index (χ4v) is 3.05. The first-order valence-corrected chi connectivity index (χ1v) is 7.95. The molecule has 0 saturated heterocycles. The van der Waals surface area contributed by atoms with Crippen molar-refractivity contribution >= 4 is 12.1 Å². The third-order valence-corrected chi connectivity index (χ3v) is 4.20. The number of amides is 1. The van der Waals surface area contributed by atoms with E-state index in [-0.39, 0.29) is 25.2 Å². The second kappa shape index (κ2) is 8.53. The quantitative estimate of drug-likeness (QED) is 0.840. The molecule has 1 amide bonds. The summed E-state index contributed by atoms with van der Waals surface area (Å²) in [6, 6.07) is 9.47. The Bertz CT molecular complexity index is 521. The summed E-state index contributed by atoms with van der Waals surface area (Å²) in [5.41, 5.74) is 0.936. The molecule has 0 bridgehead atoms. The number of alkyl carbamates (subject to hydrolysis) is 1. The van der Waals surface area contributed by atoms with Crippen LogP contribution >= 0.6 is 0 Å². The number of carboxylic acids is 1. The summed E-state index contributed by atoms with van der Waals surface area (Å²) in [7, 11) is 1.79. The van der Waals surface area contributed by atoms with Crippen molar-refractivity contribution in [1.29, 1.82) is 0 Å². The second-order valence-corrected chi connectivity index (χ2v) is 5.97. The molecular formula is C17H24N2O4. The largest absolute Gasteiger partial charge is 0.480 e. The van der Waals surface area contributed by atoms with E-state index in [2.05, 4.69) is 5.32 Å². The standard InChI is InChI=1S/C17H24N2O4/c1-19(11-16(20)21)15-10-6-5-9-14(15)18-17(22)23-12-13-7-3-2-4-8-13/h2-4,7-8,14-15H,5-6,9-12H2,1H3,(H,18,22)(H,20,21)/t14-,15-/m0/s1. The van der Waals surface area contributed by atoms with Gasteiger partial charge in [0.15, 0.2) is 0 Å². The van der Waals surface area contributed by atoms with E-state index >= 15 is 0 Å². The normalized spacial score (nSPS) is 21.0. The highest BCUT2D eigenvalue weighted by atomic mass is 16.5. The lowest BCUT2D eigenvalue weighted by Gasteiger charge is -2.37. The van der Waals surface area contributed by atoms with Crippen molar-refractivity contribution in [3.63, 3.8) is 0 Å². The van der Waals surface area contributed by atoms with Crippen LogP contribution in [-0.4, -0.2) is 47.7 Å². The van der Waals surface area contributed by atoms with Crippen molar-refractivity contribution in [2.75, 3.05) is 13.6 Å². The predicted molar refractivity (Wildman–Crippen MR) is 86.1 cm³/mol. The van der Waals surface area contributed by atoms with E-state index in [4.69, 9.17) is 9.84 Å². The Morgan fingerprint density at radius 2 is 1.96 bits per heavy atom. The number of likely N-dealkylation sites (N-methyl/N-ethyl adjacent to an activating group) is 1. The van der Waals surface area contributed by atoms with Gasteiger partial charge >= 0.3 is 12.1 Å². The molecule has 1 saturated carbocycles. The van der Waals surface area contributed by atoms with Crippen molar-refractivity contribution in [1.82, 2.24) is 10.2 Å². The second-order valence-electron chi connectivity index (χ2n) is 5.97. The van der Waals surface area contributed by atoms with E-state index in [1.165, 1.54) is 0 Å². The highest BCUT2D eigenvalue weighted by Gasteiger charge is 2.30. The molecule has 0 aromatic heterocycles. The van der Waals surface area contributed by atoms with E-state index < -0.39 is 12.1 Å². The van der Waals surface area contributed by atoms with Crippen molar-refractivity contribution in [2.24, 2.45) is 0 Å². The van der Waals surface area contributed by atoms with E-state index in [1.54, 1.807) is 11.9 Å². The lowest BCUT2D eigenvalue weighted by molar-refractivity contribution is -0.138. The van der Waals surface area contributed by atoms with E-state index in [1.807, 2.05) is 30.3 Å².